The summed E-state index contributed by atoms with van der Waals surface area (Å²) in [6, 6.07) is 0. The Balaban J connectivity index is 4.29. The van der Waals surface area contributed by atoms with Crippen LogP contribution < -0.4 is 0 Å². The van der Waals surface area contributed by atoms with Crippen molar-refractivity contribution in [2.24, 2.45) is 11.8 Å². The van der Waals surface area contributed by atoms with Crippen LogP contribution in [-0.4, -0.2) is 37.2 Å². The Bertz CT molecular complexity index is 824. The van der Waals surface area contributed by atoms with Crippen molar-refractivity contribution in [1.82, 2.24) is 0 Å². The quantitative estimate of drug-likeness (QED) is 0.0350. The Kier molecular flexibility index (Phi) is 39.8. The highest BCUT2D eigenvalue weighted by molar-refractivity contribution is 5.71. The molecule has 0 saturated carbocycles. The van der Waals surface area contributed by atoms with E-state index in [2.05, 4.69) is 34.6 Å². The third-order valence-electron chi connectivity index (χ3n) is 10.7. The molecule has 0 heterocycles. The van der Waals surface area contributed by atoms with E-state index in [1.807, 2.05) is 0 Å². The van der Waals surface area contributed by atoms with Crippen LogP contribution in [0.25, 0.3) is 0 Å². The van der Waals surface area contributed by atoms with Crippen LogP contribution in [0.1, 0.15) is 259 Å². The highest BCUT2D eigenvalue weighted by Gasteiger charge is 2.19. The summed E-state index contributed by atoms with van der Waals surface area (Å²) >= 11 is 0. The maximum Gasteiger partial charge on any atom is 0.306 e. The molecule has 0 aromatic carbocycles. The van der Waals surface area contributed by atoms with Crippen molar-refractivity contribution >= 4 is 17.9 Å². The predicted octanol–water partition coefficient (Wildman–Crippen LogP) is 15.0. The molecule has 0 rings (SSSR count). The van der Waals surface area contributed by atoms with E-state index in [0.717, 1.165) is 69.6 Å². The van der Waals surface area contributed by atoms with Crippen LogP contribution in [0, 0.1) is 11.8 Å². The van der Waals surface area contributed by atoms with Gasteiger partial charge >= 0.3 is 17.9 Å². The number of carbonyl (C=O) groups excluding carboxylic acids is 3. The largest absolute Gasteiger partial charge is 0.462 e. The Hall–Kier alpha value is -1.59. The molecule has 6 heteroatoms. The maximum atomic E-state index is 12.7. The molecule has 0 N–H and O–H groups in total. The second-order valence-electron chi connectivity index (χ2n) is 17.3. The number of unbranched alkanes of at least 4 members (excludes halogenated alkanes) is 27. The SMILES string of the molecule is CCCCCCCCCCCCCCC(=O)O[C@@H](COC(=O)CCCCCCCCCCCCCCC(C)C)COC(=O)CCCCCCCCC(C)C. The molecule has 0 aliphatic rings. The fraction of sp³-hybridized carbons (Fsp3) is 0.938. The van der Waals surface area contributed by atoms with Gasteiger partial charge in [-0.25, -0.2) is 0 Å². The minimum Gasteiger partial charge on any atom is -0.462 e. The minimum absolute atomic E-state index is 0.0651. The second kappa shape index (κ2) is 41.1. The maximum absolute atomic E-state index is 12.7. The summed E-state index contributed by atoms with van der Waals surface area (Å²) in [7, 11) is 0. The van der Waals surface area contributed by atoms with Crippen molar-refractivity contribution in [2.45, 2.75) is 265 Å². The molecule has 0 aromatic rings. The van der Waals surface area contributed by atoms with Gasteiger partial charge in [0.15, 0.2) is 6.10 Å². The van der Waals surface area contributed by atoms with E-state index in [4.69, 9.17) is 14.2 Å². The monoisotopic (exact) mass is 765 g/mol. The van der Waals surface area contributed by atoms with Gasteiger partial charge in [0.1, 0.15) is 13.2 Å². The molecule has 0 aromatic heterocycles. The fourth-order valence-corrected chi connectivity index (χ4v) is 7.11. The van der Waals surface area contributed by atoms with E-state index in [0.29, 0.717) is 19.3 Å². The molecule has 0 unspecified atom stereocenters. The lowest BCUT2D eigenvalue weighted by molar-refractivity contribution is -0.167. The number of hydrogen-bond donors (Lipinski definition) is 0. The third-order valence-corrected chi connectivity index (χ3v) is 10.7. The van der Waals surface area contributed by atoms with Crippen LogP contribution >= 0.6 is 0 Å². The summed E-state index contributed by atoms with van der Waals surface area (Å²) < 4.78 is 16.7. The van der Waals surface area contributed by atoms with Gasteiger partial charge in [-0.3, -0.25) is 14.4 Å². The van der Waals surface area contributed by atoms with E-state index < -0.39 is 6.10 Å². The van der Waals surface area contributed by atoms with Gasteiger partial charge in [-0.1, -0.05) is 221 Å². The number of hydrogen-bond acceptors (Lipinski definition) is 6. The van der Waals surface area contributed by atoms with E-state index in [1.165, 1.54) is 148 Å². The van der Waals surface area contributed by atoms with Gasteiger partial charge in [-0.15, -0.1) is 0 Å². The average molecular weight is 765 g/mol. The molecule has 0 amide bonds. The van der Waals surface area contributed by atoms with Gasteiger partial charge in [0.05, 0.1) is 0 Å². The number of ether oxygens (including phenoxy) is 3. The van der Waals surface area contributed by atoms with Crippen molar-refractivity contribution in [3.05, 3.63) is 0 Å². The van der Waals surface area contributed by atoms with Gasteiger partial charge in [-0.05, 0) is 31.1 Å². The summed E-state index contributed by atoms with van der Waals surface area (Å²) in [5.74, 6) is 0.738. The lowest BCUT2D eigenvalue weighted by Crippen LogP contribution is -2.30. The Morgan fingerprint density at radius 1 is 0.352 bits per heavy atom. The van der Waals surface area contributed by atoms with E-state index in [-0.39, 0.29) is 31.1 Å². The molecular formula is C48H92O6. The van der Waals surface area contributed by atoms with Crippen LogP contribution in [0.15, 0.2) is 0 Å². The predicted molar refractivity (Wildman–Crippen MR) is 229 cm³/mol. The van der Waals surface area contributed by atoms with Gasteiger partial charge in [-0.2, -0.15) is 0 Å². The molecule has 0 aliphatic carbocycles. The third kappa shape index (κ3) is 41.6. The molecule has 6 nitrogen and oxygen atoms in total. The Morgan fingerprint density at radius 3 is 0.907 bits per heavy atom. The van der Waals surface area contributed by atoms with Crippen LogP contribution in [0.3, 0.4) is 0 Å². The molecule has 0 bridgehead atoms. The number of esters is 3. The summed E-state index contributed by atoms with van der Waals surface area (Å²) in [6.45, 7) is 11.3. The van der Waals surface area contributed by atoms with E-state index in [9.17, 15) is 14.4 Å². The Morgan fingerprint density at radius 2 is 0.611 bits per heavy atom. The summed E-state index contributed by atoms with van der Waals surface area (Å²) in [6.07, 6.45) is 39.5. The normalized spacial score (nSPS) is 12.1. The zero-order chi connectivity index (χ0) is 39.7. The molecule has 1 atom stereocenters. The average Bonchev–Trinajstić information content (AvgIpc) is 3.14. The first-order valence-corrected chi connectivity index (χ1v) is 23.7. The van der Waals surface area contributed by atoms with Crippen molar-refractivity contribution < 1.29 is 28.6 Å². The van der Waals surface area contributed by atoms with Crippen LogP contribution in [-0.2, 0) is 28.6 Å². The van der Waals surface area contributed by atoms with Crippen molar-refractivity contribution in [1.29, 1.82) is 0 Å². The molecular weight excluding hydrogens is 673 g/mol. The van der Waals surface area contributed by atoms with Gasteiger partial charge in [0, 0.05) is 19.3 Å². The molecule has 54 heavy (non-hydrogen) atoms. The Labute approximate surface area is 336 Å². The number of carbonyl (C=O) groups is 3. The van der Waals surface area contributed by atoms with E-state index in [1.54, 1.807) is 0 Å². The summed E-state index contributed by atoms with van der Waals surface area (Å²) in [4.78, 5) is 37.7. The topological polar surface area (TPSA) is 78.9 Å². The molecule has 0 radical (unpaired) electrons. The van der Waals surface area contributed by atoms with Gasteiger partial charge in [0.2, 0.25) is 0 Å². The highest BCUT2D eigenvalue weighted by Crippen LogP contribution is 2.17. The van der Waals surface area contributed by atoms with Crippen molar-refractivity contribution in [2.75, 3.05) is 13.2 Å². The van der Waals surface area contributed by atoms with Crippen molar-refractivity contribution in [3.63, 3.8) is 0 Å². The molecule has 0 fully saturated rings. The second-order valence-corrected chi connectivity index (χ2v) is 17.3. The first-order valence-electron chi connectivity index (χ1n) is 23.7. The molecule has 320 valence electrons. The molecule has 0 saturated heterocycles. The van der Waals surface area contributed by atoms with E-state index >= 15 is 0 Å². The fourth-order valence-electron chi connectivity index (χ4n) is 7.11. The van der Waals surface area contributed by atoms with Gasteiger partial charge in [0.25, 0.3) is 0 Å². The van der Waals surface area contributed by atoms with Crippen LogP contribution in [0.4, 0.5) is 0 Å². The number of rotatable bonds is 42. The van der Waals surface area contributed by atoms with Crippen LogP contribution in [0.2, 0.25) is 0 Å². The zero-order valence-corrected chi connectivity index (χ0v) is 36.8. The first kappa shape index (κ1) is 52.4. The molecule has 0 spiro atoms. The lowest BCUT2D eigenvalue weighted by atomic mass is 10.0. The van der Waals surface area contributed by atoms with Crippen LogP contribution in [0.5, 0.6) is 0 Å². The summed E-state index contributed by atoms with van der Waals surface area (Å²) in [5, 5.41) is 0. The molecule has 0 aliphatic heterocycles. The minimum atomic E-state index is -0.760. The smallest absolute Gasteiger partial charge is 0.306 e. The van der Waals surface area contributed by atoms with Gasteiger partial charge < -0.3 is 14.2 Å². The highest BCUT2D eigenvalue weighted by atomic mass is 16.6. The standard InChI is InChI=1S/C48H92O6/c1-6-7-8-9-10-11-12-16-20-23-30-35-40-48(51)54-45(42-53-47(50)39-34-29-25-24-27-32-37-44(4)5)41-52-46(49)38-33-28-22-19-17-14-13-15-18-21-26-31-36-43(2)3/h43-45H,6-42H2,1-5H3/t45-/m0/s1. The summed E-state index contributed by atoms with van der Waals surface area (Å²) in [5.41, 5.74) is 0. The lowest BCUT2D eigenvalue weighted by Gasteiger charge is -2.18. The van der Waals surface area contributed by atoms with Crippen molar-refractivity contribution in [3.8, 4) is 0 Å². The zero-order valence-electron chi connectivity index (χ0n) is 36.8. The first-order chi connectivity index (χ1) is 26.2.